The van der Waals surface area contributed by atoms with E-state index in [1.807, 2.05) is 31.2 Å². The lowest BCUT2D eigenvalue weighted by Gasteiger charge is -2.17. The van der Waals surface area contributed by atoms with Crippen LogP contribution >= 0.6 is 0 Å². The zero-order valence-electron chi connectivity index (χ0n) is 12.1. The number of carbonyl (C=O) groups excluding carboxylic acids is 1. The highest BCUT2D eigenvalue weighted by molar-refractivity contribution is 5.81. The molecule has 20 heavy (non-hydrogen) atoms. The zero-order chi connectivity index (χ0) is 15.0. The normalized spacial score (nSPS) is 13.4. The van der Waals surface area contributed by atoms with E-state index in [9.17, 15) is 4.79 Å². The number of amides is 1. The summed E-state index contributed by atoms with van der Waals surface area (Å²) in [6, 6.07) is 6.60. The van der Waals surface area contributed by atoms with Crippen LogP contribution in [0.3, 0.4) is 0 Å². The van der Waals surface area contributed by atoms with Gasteiger partial charge in [-0.3, -0.25) is 4.79 Å². The second-order valence-electron chi connectivity index (χ2n) is 4.41. The van der Waals surface area contributed by atoms with Crippen molar-refractivity contribution >= 4 is 5.91 Å². The Balaban J connectivity index is 2.35. The molecule has 1 amide bonds. The van der Waals surface area contributed by atoms with Crippen LogP contribution in [0, 0.1) is 0 Å². The monoisotopic (exact) mass is 282 g/mol. The molecular weight excluding hydrogens is 260 g/mol. The van der Waals surface area contributed by atoms with Gasteiger partial charge in [0.2, 0.25) is 5.91 Å². The Hall–Kier alpha value is -1.79. The predicted octanol–water partition coefficient (Wildman–Crippen LogP) is 0.552. The first-order valence-corrected chi connectivity index (χ1v) is 6.39. The number of ether oxygens (including phenoxy) is 3. The van der Waals surface area contributed by atoms with E-state index in [-0.39, 0.29) is 18.6 Å². The van der Waals surface area contributed by atoms with Crippen molar-refractivity contribution in [3.05, 3.63) is 24.3 Å². The van der Waals surface area contributed by atoms with E-state index in [1.54, 1.807) is 7.11 Å². The molecule has 0 saturated heterocycles. The van der Waals surface area contributed by atoms with Crippen molar-refractivity contribution in [3.8, 4) is 11.5 Å². The fraction of sp³-hybridized carbons (Fsp3) is 0.500. The predicted molar refractivity (Wildman–Crippen MR) is 75.9 cm³/mol. The van der Waals surface area contributed by atoms with Crippen LogP contribution in [-0.2, 0) is 9.53 Å². The minimum absolute atomic E-state index is 0.165. The average Bonchev–Trinajstić information content (AvgIpc) is 2.45. The number of benzene rings is 1. The maximum Gasteiger partial charge on any atom is 0.239 e. The fourth-order valence-electron chi connectivity index (χ4n) is 1.56. The summed E-state index contributed by atoms with van der Waals surface area (Å²) < 4.78 is 15.5. The van der Waals surface area contributed by atoms with Gasteiger partial charge in [0.15, 0.2) is 0 Å². The van der Waals surface area contributed by atoms with E-state index >= 15 is 0 Å². The van der Waals surface area contributed by atoms with E-state index in [1.165, 1.54) is 7.11 Å². The van der Waals surface area contributed by atoms with Gasteiger partial charge in [0.1, 0.15) is 23.6 Å². The minimum atomic E-state index is -0.659. The van der Waals surface area contributed by atoms with Crippen molar-refractivity contribution in [3.63, 3.8) is 0 Å². The molecule has 0 aliphatic carbocycles. The van der Waals surface area contributed by atoms with Gasteiger partial charge < -0.3 is 25.3 Å². The van der Waals surface area contributed by atoms with Crippen LogP contribution in [0.2, 0.25) is 0 Å². The lowest BCUT2D eigenvalue weighted by Crippen LogP contribution is -2.46. The molecule has 0 fully saturated rings. The first-order valence-electron chi connectivity index (χ1n) is 6.39. The molecule has 1 aromatic carbocycles. The van der Waals surface area contributed by atoms with Gasteiger partial charge in [0.25, 0.3) is 0 Å². The number of nitrogens with two attached hydrogens (primary N) is 1. The van der Waals surface area contributed by atoms with Crippen LogP contribution in [0.5, 0.6) is 11.5 Å². The highest BCUT2D eigenvalue weighted by atomic mass is 16.5. The van der Waals surface area contributed by atoms with Gasteiger partial charge >= 0.3 is 0 Å². The van der Waals surface area contributed by atoms with Gasteiger partial charge in [0.05, 0.1) is 20.3 Å². The molecular formula is C14H22N2O4. The molecule has 2 atom stereocenters. The van der Waals surface area contributed by atoms with Gasteiger partial charge in [-0.25, -0.2) is 0 Å². The lowest BCUT2D eigenvalue weighted by molar-refractivity contribution is -0.123. The Morgan fingerprint density at radius 1 is 1.25 bits per heavy atom. The Labute approximate surface area is 119 Å². The van der Waals surface area contributed by atoms with E-state index in [2.05, 4.69) is 5.32 Å². The summed E-state index contributed by atoms with van der Waals surface area (Å²) in [5.74, 6) is 1.23. The van der Waals surface area contributed by atoms with Gasteiger partial charge in [-0.2, -0.15) is 0 Å². The molecule has 6 heteroatoms. The van der Waals surface area contributed by atoms with Crippen molar-refractivity contribution in [1.29, 1.82) is 0 Å². The summed E-state index contributed by atoms with van der Waals surface area (Å²) in [7, 11) is 3.11. The third-order valence-electron chi connectivity index (χ3n) is 2.64. The van der Waals surface area contributed by atoms with Gasteiger partial charge in [0, 0.05) is 7.11 Å². The maximum absolute atomic E-state index is 11.6. The first kappa shape index (κ1) is 16.3. The molecule has 112 valence electrons. The third kappa shape index (κ3) is 5.46. The molecule has 1 aromatic rings. The zero-order valence-corrected chi connectivity index (χ0v) is 12.1. The van der Waals surface area contributed by atoms with Gasteiger partial charge in [-0.1, -0.05) is 0 Å². The Morgan fingerprint density at radius 3 is 2.40 bits per heavy atom. The summed E-state index contributed by atoms with van der Waals surface area (Å²) in [4.78, 5) is 11.6. The molecule has 3 N–H and O–H groups in total. The van der Waals surface area contributed by atoms with Gasteiger partial charge in [-0.05, 0) is 31.2 Å². The molecule has 1 rings (SSSR count). The van der Waals surface area contributed by atoms with Crippen LogP contribution in [0.25, 0.3) is 0 Å². The van der Waals surface area contributed by atoms with Crippen molar-refractivity contribution in [2.75, 3.05) is 27.4 Å². The summed E-state index contributed by atoms with van der Waals surface area (Å²) >= 11 is 0. The van der Waals surface area contributed by atoms with Crippen molar-refractivity contribution < 1.29 is 19.0 Å². The molecule has 0 saturated carbocycles. The summed E-state index contributed by atoms with van der Waals surface area (Å²) in [6.07, 6.45) is -0.165. The maximum atomic E-state index is 11.6. The minimum Gasteiger partial charge on any atom is -0.497 e. The van der Waals surface area contributed by atoms with Crippen molar-refractivity contribution in [2.24, 2.45) is 5.73 Å². The Morgan fingerprint density at radius 2 is 1.85 bits per heavy atom. The number of rotatable bonds is 8. The average molecular weight is 282 g/mol. The van der Waals surface area contributed by atoms with Crippen molar-refractivity contribution in [2.45, 2.75) is 19.1 Å². The quantitative estimate of drug-likeness (QED) is 0.727. The highest BCUT2D eigenvalue weighted by Crippen LogP contribution is 2.17. The largest absolute Gasteiger partial charge is 0.497 e. The molecule has 0 aliphatic rings. The third-order valence-corrected chi connectivity index (χ3v) is 2.64. The molecule has 0 aliphatic heterocycles. The van der Waals surface area contributed by atoms with Crippen LogP contribution in [0.1, 0.15) is 6.92 Å². The molecule has 0 spiro atoms. The van der Waals surface area contributed by atoms with Gasteiger partial charge in [-0.15, -0.1) is 0 Å². The topological polar surface area (TPSA) is 82.8 Å². The van der Waals surface area contributed by atoms with Crippen LogP contribution in [0.15, 0.2) is 24.3 Å². The smallest absolute Gasteiger partial charge is 0.239 e. The highest BCUT2D eigenvalue weighted by Gasteiger charge is 2.14. The van der Waals surface area contributed by atoms with E-state index in [0.29, 0.717) is 12.3 Å². The standard InChI is InChI=1S/C14H22N2O4/c1-10(8-16-14(17)13(15)9-18-2)20-12-6-4-11(19-3)5-7-12/h4-7,10,13H,8-9,15H2,1-3H3,(H,16,17). The number of hydrogen-bond acceptors (Lipinski definition) is 5. The summed E-state index contributed by atoms with van der Waals surface area (Å²) in [5.41, 5.74) is 5.61. The molecule has 6 nitrogen and oxygen atoms in total. The van der Waals surface area contributed by atoms with E-state index in [4.69, 9.17) is 19.9 Å². The summed E-state index contributed by atoms with van der Waals surface area (Å²) in [6.45, 7) is 2.44. The molecule has 0 heterocycles. The molecule has 0 radical (unpaired) electrons. The van der Waals surface area contributed by atoms with Crippen LogP contribution < -0.4 is 20.5 Å². The molecule has 2 unspecified atom stereocenters. The molecule has 0 aromatic heterocycles. The fourth-order valence-corrected chi connectivity index (χ4v) is 1.56. The Kier molecular flexibility index (Phi) is 6.83. The SMILES string of the molecule is COCC(N)C(=O)NCC(C)Oc1ccc(OC)cc1. The number of carbonyl (C=O) groups is 1. The second kappa shape index (κ2) is 8.39. The van der Waals surface area contributed by atoms with Crippen molar-refractivity contribution in [1.82, 2.24) is 5.32 Å². The second-order valence-corrected chi connectivity index (χ2v) is 4.41. The van der Waals surface area contributed by atoms with E-state index in [0.717, 1.165) is 5.75 Å². The summed E-state index contributed by atoms with van der Waals surface area (Å²) in [5, 5.41) is 2.72. The Bertz CT molecular complexity index is 408. The van der Waals surface area contributed by atoms with Crippen LogP contribution in [-0.4, -0.2) is 45.4 Å². The number of methoxy groups -OCH3 is 2. The van der Waals surface area contributed by atoms with E-state index < -0.39 is 6.04 Å². The van der Waals surface area contributed by atoms with Crippen LogP contribution in [0.4, 0.5) is 0 Å². The lowest BCUT2D eigenvalue weighted by atomic mass is 10.3. The first-order chi connectivity index (χ1) is 9.56. The number of hydrogen-bond donors (Lipinski definition) is 2. The number of nitrogens with one attached hydrogen (secondary N) is 1. The molecule has 0 bridgehead atoms.